The molecule has 0 saturated heterocycles. The second kappa shape index (κ2) is 6.42. The molecule has 0 aliphatic rings. The smallest absolute Gasteiger partial charge is 0.383 e. The van der Waals surface area contributed by atoms with Crippen LogP contribution in [0.4, 0.5) is 13.2 Å². The lowest BCUT2D eigenvalue weighted by Gasteiger charge is -2.10. The van der Waals surface area contributed by atoms with Gasteiger partial charge in [-0.25, -0.2) is 4.68 Å². The average Bonchev–Trinajstić information content (AvgIpc) is 2.95. The van der Waals surface area contributed by atoms with E-state index in [-0.39, 0.29) is 0 Å². The van der Waals surface area contributed by atoms with Crippen LogP contribution in [0.3, 0.4) is 0 Å². The van der Waals surface area contributed by atoms with Gasteiger partial charge in [-0.1, -0.05) is 12.1 Å². The predicted octanol–water partition coefficient (Wildman–Crippen LogP) is 2.62. The number of alkyl halides is 3. The van der Waals surface area contributed by atoms with E-state index < -0.39 is 11.7 Å². The number of hydrogen-bond donors (Lipinski definition) is 0. The van der Waals surface area contributed by atoms with Gasteiger partial charge >= 0.3 is 6.18 Å². The van der Waals surface area contributed by atoms with Crippen molar-refractivity contribution in [3.8, 4) is 0 Å². The Morgan fingerprint density at radius 3 is 2.50 bits per heavy atom. The van der Waals surface area contributed by atoms with Gasteiger partial charge in [0.25, 0.3) is 0 Å². The van der Waals surface area contributed by atoms with Crippen molar-refractivity contribution in [1.29, 1.82) is 0 Å². The largest absolute Gasteiger partial charge is 0.416 e. The molecule has 2 rings (SSSR count). The molecule has 2 aromatic rings. The van der Waals surface area contributed by atoms with E-state index in [0.29, 0.717) is 11.3 Å². The highest BCUT2D eigenvalue weighted by atomic mass is 19.4. The van der Waals surface area contributed by atoms with E-state index in [1.165, 1.54) is 23.4 Å². The molecule has 22 heavy (non-hydrogen) atoms. The minimum absolute atomic E-state index is 0.349. The highest BCUT2D eigenvalue weighted by Crippen LogP contribution is 2.29. The Morgan fingerprint density at radius 2 is 1.91 bits per heavy atom. The van der Waals surface area contributed by atoms with Crippen LogP contribution in [0, 0.1) is 0 Å². The summed E-state index contributed by atoms with van der Waals surface area (Å²) >= 11 is 0. The zero-order valence-electron chi connectivity index (χ0n) is 12.0. The van der Waals surface area contributed by atoms with Gasteiger partial charge in [-0.05, 0) is 18.2 Å². The Hall–Kier alpha value is -2.64. The monoisotopic (exact) mass is 309 g/mol. The number of benzene rings is 1. The quantitative estimate of drug-likeness (QED) is 0.816. The molecule has 0 bridgehead atoms. The van der Waals surface area contributed by atoms with Crippen molar-refractivity contribution in [2.75, 3.05) is 14.1 Å². The normalized spacial score (nSPS) is 12.9. The second-order valence-corrected chi connectivity index (χ2v) is 4.69. The second-order valence-electron chi connectivity index (χ2n) is 4.69. The molecule has 0 unspecified atom stereocenters. The summed E-state index contributed by atoms with van der Waals surface area (Å²) < 4.78 is 39.8. The summed E-state index contributed by atoms with van der Waals surface area (Å²) in [6.07, 6.45) is 1.64. The van der Waals surface area contributed by atoms with Crippen LogP contribution in [0.25, 0.3) is 0 Å². The maximum Gasteiger partial charge on any atom is 0.416 e. The van der Waals surface area contributed by atoms with Crippen LogP contribution in [-0.2, 0) is 6.18 Å². The number of aromatic nitrogens is 3. The molecule has 1 aromatic carbocycles. The molecule has 1 aromatic heterocycles. The first-order valence-electron chi connectivity index (χ1n) is 6.32. The zero-order valence-corrected chi connectivity index (χ0v) is 12.0. The maximum absolute atomic E-state index is 12.8. The van der Waals surface area contributed by atoms with Gasteiger partial charge in [0.2, 0.25) is 0 Å². The molecule has 0 amide bonds. The lowest BCUT2D eigenvalue weighted by Crippen LogP contribution is -2.09. The van der Waals surface area contributed by atoms with Crippen LogP contribution in [0.2, 0.25) is 0 Å². The SMILES string of the molecule is CN(C)/C=C/C(=N\n1cnnc1)c1cccc(C(F)(F)F)c1. The summed E-state index contributed by atoms with van der Waals surface area (Å²) in [5, 5.41) is 11.4. The van der Waals surface area contributed by atoms with Crippen molar-refractivity contribution in [2.24, 2.45) is 5.10 Å². The van der Waals surface area contributed by atoms with E-state index in [1.54, 1.807) is 37.3 Å². The first-order chi connectivity index (χ1) is 10.4. The number of nitrogens with zero attached hydrogens (tertiary/aromatic N) is 5. The Kier molecular flexibility index (Phi) is 4.59. The molecule has 116 valence electrons. The van der Waals surface area contributed by atoms with Crippen LogP contribution >= 0.6 is 0 Å². The molecule has 8 heteroatoms. The van der Waals surface area contributed by atoms with Crippen molar-refractivity contribution in [3.63, 3.8) is 0 Å². The topological polar surface area (TPSA) is 46.3 Å². The Bertz CT molecular complexity index is 672. The number of rotatable bonds is 4. The molecule has 0 atom stereocenters. The lowest BCUT2D eigenvalue weighted by atomic mass is 10.1. The molecule has 0 radical (unpaired) electrons. The van der Waals surface area contributed by atoms with Crippen molar-refractivity contribution < 1.29 is 13.2 Å². The Labute approximate surface area is 125 Å². The minimum Gasteiger partial charge on any atom is -0.383 e. The van der Waals surface area contributed by atoms with Crippen LogP contribution in [0.15, 0.2) is 54.3 Å². The van der Waals surface area contributed by atoms with Gasteiger partial charge in [0.05, 0.1) is 11.3 Å². The molecule has 0 aliphatic heterocycles. The third-order valence-corrected chi connectivity index (χ3v) is 2.65. The predicted molar refractivity (Wildman–Crippen MR) is 76.2 cm³/mol. The standard InChI is InChI=1S/C14H14F3N5/c1-21(2)7-6-13(20-22-9-18-19-10-22)11-4-3-5-12(8-11)14(15,16)17/h3-10H,1-2H3/b7-6+,20-13+. The number of allylic oxidation sites excluding steroid dienone is 1. The molecule has 0 spiro atoms. The van der Waals surface area contributed by atoms with Crippen molar-refractivity contribution >= 4 is 5.71 Å². The summed E-state index contributed by atoms with van der Waals surface area (Å²) in [5.41, 5.74) is -0.0130. The van der Waals surface area contributed by atoms with Gasteiger partial charge in [-0.3, -0.25) is 0 Å². The summed E-state index contributed by atoms with van der Waals surface area (Å²) in [6.45, 7) is 0. The summed E-state index contributed by atoms with van der Waals surface area (Å²) in [5.74, 6) is 0. The van der Waals surface area contributed by atoms with Crippen LogP contribution < -0.4 is 0 Å². The molecular formula is C14H14F3N5. The molecular weight excluding hydrogens is 295 g/mol. The van der Waals surface area contributed by atoms with Crippen LogP contribution in [-0.4, -0.2) is 39.6 Å². The van der Waals surface area contributed by atoms with Gasteiger partial charge in [0, 0.05) is 25.9 Å². The molecule has 0 aliphatic carbocycles. The maximum atomic E-state index is 12.8. The van der Waals surface area contributed by atoms with E-state index in [0.717, 1.165) is 12.1 Å². The van der Waals surface area contributed by atoms with Gasteiger partial charge in [-0.15, -0.1) is 10.2 Å². The van der Waals surface area contributed by atoms with E-state index in [4.69, 9.17) is 0 Å². The highest BCUT2D eigenvalue weighted by Gasteiger charge is 2.30. The molecule has 1 heterocycles. The fraction of sp³-hybridized carbons (Fsp3) is 0.214. The summed E-state index contributed by atoms with van der Waals surface area (Å²) in [4.78, 5) is 1.76. The third-order valence-electron chi connectivity index (χ3n) is 2.65. The van der Waals surface area contributed by atoms with E-state index in [1.807, 2.05) is 0 Å². The minimum atomic E-state index is -4.40. The molecule has 0 saturated carbocycles. The first kappa shape index (κ1) is 15.7. The van der Waals surface area contributed by atoms with E-state index in [2.05, 4.69) is 15.3 Å². The van der Waals surface area contributed by atoms with Crippen LogP contribution in [0.5, 0.6) is 0 Å². The molecule has 0 fully saturated rings. The third kappa shape index (κ3) is 4.18. The fourth-order valence-corrected chi connectivity index (χ4v) is 1.63. The molecule has 5 nitrogen and oxygen atoms in total. The number of hydrogen-bond acceptors (Lipinski definition) is 4. The van der Waals surface area contributed by atoms with Crippen LogP contribution in [0.1, 0.15) is 11.1 Å². The summed E-state index contributed by atoms with van der Waals surface area (Å²) in [6, 6.07) is 5.00. The van der Waals surface area contributed by atoms with Crippen molar-refractivity contribution in [2.45, 2.75) is 6.18 Å². The molecule has 0 N–H and O–H groups in total. The Balaban J connectivity index is 2.45. The van der Waals surface area contributed by atoms with Gasteiger partial charge < -0.3 is 4.90 Å². The van der Waals surface area contributed by atoms with Crippen molar-refractivity contribution in [3.05, 3.63) is 60.3 Å². The zero-order chi connectivity index (χ0) is 16.2. The van der Waals surface area contributed by atoms with Gasteiger partial charge in [0.15, 0.2) is 0 Å². The summed E-state index contributed by atoms with van der Waals surface area (Å²) in [7, 11) is 3.61. The van der Waals surface area contributed by atoms with Crippen molar-refractivity contribution in [1.82, 2.24) is 19.8 Å². The van der Waals surface area contributed by atoms with Gasteiger partial charge in [-0.2, -0.15) is 18.3 Å². The number of halogens is 3. The first-order valence-corrected chi connectivity index (χ1v) is 6.32. The Morgan fingerprint density at radius 1 is 1.23 bits per heavy atom. The average molecular weight is 309 g/mol. The van der Waals surface area contributed by atoms with E-state index >= 15 is 0 Å². The highest BCUT2D eigenvalue weighted by molar-refractivity contribution is 6.08. The van der Waals surface area contributed by atoms with E-state index in [9.17, 15) is 13.2 Å². The van der Waals surface area contributed by atoms with Gasteiger partial charge in [0.1, 0.15) is 12.7 Å². The lowest BCUT2D eigenvalue weighted by molar-refractivity contribution is -0.137. The fourth-order valence-electron chi connectivity index (χ4n) is 1.63.